The van der Waals surface area contributed by atoms with Crippen LogP contribution in [0.1, 0.15) is 19.8 Å². The molecule has 0 aliphatic carbocycles. The first-order valence-electron chi connectivity index (χ1n) is 8.51. The first kappa shape index (κ1) is 18.6. The van der Waals surface area contributed by atoms with Crippen LogP contribution in [0.4, 0.5) is 11.6 Å². The summed E-state index contributed by atoms with van der Waals surface area (Å²) >= 11 is 13.8. The van der Waals surface area contributed by atoms with Gasteiger partial charge in [-0.2, -0.15) is 15.4 Å². The third kappa shape index (κ3) is 3.54. The molecular weight excluding hydrogens is 405 g/mol. The van der Waals surface area contributed by atoms with Crippen LogP contribution in [0.5, 0.6) is 0 Å². The molecule has 10 heteroatoms. The highest BCUT2D eigenvalue weighted by Gasteiger charge is 2.29. The van der Waals surface area contributed by atoms with E-state index in [9.17, 15) is 0 Å². The van der Waals surface area contributed by atoms with Gasteiger partial charge in [-0.1, -0.05) is 41.0 Å². The van der Waals surface area contributed by atoms with E-state index in [-0.39, 0.29) is 5.54 Å². The molecule has 0 radical (unpaired) electrons. The molecule has 0 spiro atoms. The van der Waals surface area contributed by atoms with E-state index in [2.05, 4.69) is 32.2 Å². The van der Waals surface area contributed by atoms with Crippen molar-refractivity contribution in [3.8, 4) is 0 Å². The Bertz CT molecular complexity index is 994. The van der Waals surface area contributed by atoms with Gasteiger partial charge in [0, 0.05) is 23.5 Å². The average molecular weight is 424 g/mol. The summed E-state index contributed by atoms with van der Waals surface area (Å²) in [5, 5.41) is 12.3. The van der Waals surface area contributed by atoms with Gasteiger partial charge >= 0.3 is 0 Å². The maximum absolute atomic E-state index is 6.32. The monoisotopic (exact) mass is 423 g/mol. The van der Waals surface area contributed by atoms with E-state index in [0.717, 1.165) is 36.6 Å². The van der Waals surface area contributed by atoms with Gasteiger partial charge in [0.2, 0.25) is 0 Å². The molecular formula is C17H19Cl2N7S. The molecule has 3 heterocycles. The summed E-state index contributed by atoms with van der Waals surface area (Å²) in [7, 11) is 0. The van der Waals surface area contributed by atoms with Gasteiger partial charge in [-0.05, 0) is 31.9 Å². The van der Waals surface area contributed by atoms with E-state index in [1.807, 2.05) is 12.1 Å². The Morgan fingerprint density at radius 1 is 1.19 bits per heavy atom. The molecule has 27 heavy (non-hydrogen) atoms. The second-order valence-electron chi connectivity index (χ2n) is 6.97. The third-order valence-electron chi connectivity index (χ3n) is 4.77. The van der Waals surface area contributed by atoms with E-state index < -0.39 is 0 Å². The van der Waals surface area contributed by atoms with E-state index in [1.165, 1.54) is 11.8 Å². The number of piperidine rings is 1. The van der Waals surface area contributed by atoms with Crippen LogP contribution in [-0.2, 0) is 0 Å². The second-order valence-corrected chi connectivity index (χ2v) is 8.80. The van der Waals surface area contributed by atoms with Crippen LogP contribution in [0.2, 0.25) is 10.0 Å². The normalized spacial score (nSPS) is 16.8. The van der Waals surface area contributed by atoms with E-state index in [0.29, 0.717) is 31.8 Å². The number of aromatic nitrogens is 4. The molecule has 0 unspecified atom stereocenters. The van der Waals surface area contributed by atoms with Crippen molar-refractivity contribution in [3.63, 3.8) is 0 Å². The zero-order valence-electron chi connectivity index (χ0n) is 14.7. The molecule has 7 nitrogen and oxygen atoms in total. The quantitative estimate of drug-likeness (QED) is 0.588. The second kappa shape index (κ2) is 7.01. The Kier molecular flexibility index (Phi) is 4.84. The number of nitrogens with zero attached hydrogens (tertiary/aromatic N) is 4. The van der Waals surface area contributed by atoms with Crippen LogP contribution in [0.3, 0.4) is 0 Å². The number of benzene rings is 1. The number of nitrogens with two attached hydrogens (primary N) is 2. The minimum Gasteiger partial charge on any atom is -0.383 e. The minimum atomic E-state index is -0.149. The van der Waals surface area contributed by atoms with Crippen molar-refractivity contribution in [3.05, 3.63) is 28.2 Å². The number of rotatable bonds is 3. The van der Waals surface area contributed by atoms with Gasteiger partial charge in [0.15, 0.2) is 11.3 Å². The van der Waals surface area contributed by atoms with Crippen molar-refractivity contribution in [2.75, 3.05) is 23.7 Å². The maximum Gasteiger partial charge on any atom is 0.161 e. The van der Waals surface area contributed by atoms with Crippen molar-refractivity contribution in [1.82, 2.24) is 20.4 Å². The molecule has 0 saturated carbocycles. The number of hydrogen-bond acceptors (Lipinski definition) is 7. The van der Waals surface area contributed by atoms with Crippen LogP contribution in [-0.4, -0.2) is 39.0 Å². The molecule has 5 N–H and O–H groups in total. The van der Waals surface area contributed by atoms with Crippen LogP contribution >= 0.6 is 35.0 Å². The molecule has 3 aromatic rings. The van der Waals surface area contributed by atoms with Crippen molar-refractivity contribution in [2.24, 2.45) is 5.73 Å². The topological polar surface area (TPSA) is 110 Å². The van der Waals surface area contributed by atoms with Gasteiger partial charge in [0.05, 0.1) is 14.9 Å². The highest BCUT2D eigenvalue weighted by atomic mass is 35.5. The lowest BCUT2D eigenvalue weighted by molar-refractivity contribution is 0.363. The van der Waals surface area contributed by atoms with E-state index >= 15 is 0 Å². The summed E-state index contributed by atoms with van der Waals surface area (Å²) in [5.74, 6) is 1.11. The number of nitrogen functional groups attached to an aromatic ring is 1. The van der Waals surface area contributed by atoms with Gasteiger partial charge in [-0.25, -0.2) is 4.98 Å². The van der Waals surface area contributed by atoms with E-state index in [1.54, 1.807) is 6.07 Å². The zero-order chi connectivity index (χ0) is 19.2. The lowest BCUT2D eigenvalue weighted by Gasteiger charge is -2.37. The van der Waals surface area contributed by atoms with Gasteiger partial charge in [0.1, 0.15) is 11.3 Å². The van der Waals surface area contributed by atoms with Crippen molar-refractivity contribution >= 4 is 57.6 Å². The average Bonchev–Trinajstić information content (AvgIpc) is 3.10. The van der Waals surface area contributed by atoms with E-state index in [4.69, 9.17) is 34.7 Å². The lowest BCUT2D eigenvalue weighted by atomic mass is 9.91. The smallest absolute Gasteiger partial charge is 0.161 e. The predicted molar refractivity (Wildman–Crippen MR) is 111 cm³/mol. The van der Waals surface area contributed by atoms with Crippen LogP contribution in [0, 0.1) is 0 Å². The largest absolute Gasteiger partial charge is 0.383 e. The fourth-order valence-electron chi connectivity index (χ4n) is 3.11. The molecule has 0 bridgehead atoms. The summed E-state index contributed by atoms with van der Waals surface area (Å²) in [6.45, 7) is 3.67. The number of nitrogens with one attached hydrogen (secondary N) is 1. The van der Waals surface area contributed by atoms with Gasteiger partial charge in [-0.15, -0.1) is 0 Å². The van der Waals surface area contributed by atoms with Crippen molar-refractivity contribution in [2.45, 2.75) is 35.1 Å². The molecule has 1 aromatic carbocycles. The molecule has 1 aliphatic rings. The SMILES string of the molecule is CC1(N)CCN(c2nc(N)c(Sc3cccc(Cl)c3Cl)c3n[nH]nc23)CC1. The predicted octanol–water partition coefficient (Wildman–Crippen LogP) is 3.71. The Morgan fingerprint density at radius 3 is 2.63 bits per heavy atom. The first-order valence-corrected chi connectivity index (χ1v) is 10.1. The zero-order valence-corrected chi connectivity index (χ0v) is 17.0. The minimum absolute atomic E-state index is 0.149. The standard InChI is InChI=1S/C17H19Cl2N7S/c1-17(21)5-7-26(8-6-17)16-13-12(23-25-24-13)14(15(20)22-16)27-10-4-2-3-9(18)11(10)19/h2-4H,5-8,21H2,1H3,(H2,20,22)(H,23,24,25). The van der Waals surface area contributed by atoms with Crippen LogP contribution < -0.4 is 16.4 Å². The molecule has 1 saturated heterocycles. The summed E-state index contributed by atoms with van der Waals surface area (Å²) in [6, 6.07) is 5.46. The Morgan fingerprint density at radius 2 is 1.89 bits per heavy atom. The fourth-order valence-corrected chi connectivity index (χ4v) is 4.54. The molecule has 0 amide bonds. The van der Waals surface area contributed by atoms with Gasteiger partial charge in [0.25, 0.3) is 0 Å². The Balaban J connectivity index is 1.73. The van der Waals surface area contributed by atoms with Crippen molar-refractivity contribution < 1.29 is 0 Å². The van der Waals surface area contributed by atoms with Gasteiger partial charge in [-0.3, -0.25) is 0 Å². The summed E-state index contributed by atoms with van der Waals surface area (Å²) < 4.78 is 0. The number of anilines is 2. The maximum atomic E-state index is 6.32. The van der Waals surface area contributed by atoms with Crippen LogP contribution in [0.25, 0.3) is 11.0 Å². The highest BCUT2D eigenvalue weighted by Crippen LogP contribution is 2.43. The van der Waals surface area contributed by atoms with Crippen LogP contribution in [0.15, 0.2) is 28.0 Å². The number of H-pyrrole nitrogens is 1. The number of aromatic amines is 1. The highest BCUT2D eigenvalue weighted by molar-refractivity contribution is 7.99. The Labute approximate surface area is 170 Å². The number of hydrogen-bond donors (Lipinski definition) is 3. The Hall–Kier alpha value is -1.74. The summed E-state index contributed by atoms with van der Waals surface area (Å²) in [4.78, 5) is 8.29. The van der Waals surface area contributed by atoms with Crippen molar-refractivity contribution in [1.29, 1.82) is 0 Å². The number of pyridine rings is 1. The summed E-state index contributed by atoms with van der Waals surface area (Å²) in [6.07, 6.45) is 1.76. The lowest BCUT2D eigenvalue weighted by Crippen LogP contribution is -2.48. The molecule has 1 aliphatic heterocycles. The first-order chi connectivity index (χ1) is 12.9. The molecule has 1 fully saturated rings. The fraction of sp³-hybridized carbons (Fsp3) is 0.353. The van der Waals surface area contributed by atoms with Gasteiger partial charge < -0.3 is 16.4 Å². The third-order valence-corrected chi connectivity index (χ3v) is 6.86. The number of fused-ring (bicyclic) bond motifs is 1. The molecule has 0 atom stereocenters. The molecule has 142 valence electrons. The molecule has 4 rings (SSSR count). The summed E-state index contributed by atoms with van der Waals surface area (Å²) in [5.41, 5.74) is 13.7. The molecule has 2 aromatic heterocycles. The number of halogens is 2.